The van der Waals surface area contributed by atoms with Gasteiger partial charge < -0.3 is 14.4 Å². The van der Waals surface area contributed by atoms with Gasteiger partial charge in [-0.05, 0) is 18.1 Å². The number of esters is 1. The first-order valence-electron chi connectivity index (χ1n) is 7.85. The van der Waals surface area contributed by atoms with Crippen molar-refractivity contribution in [1.29, 1.82) is 0 Å². The van der Waals surface area contributed by atoms with Crippen molar-refractivity contribution in [3.8, 4) is 0 Å². The number of methoxy groups -OCH3 is 1. The lowest BCUT2D eigenvalue weighted by molar-refractivity contribution is -0.139. The Balaban J connectivity index is 1.83. The summed E-state index contributed by atoms with van der Waals surface area (Å²) in [6.45, 7) is 2.16. The van der Waals surface area contributed by atoms with Gasteiger partial charge in [0.15, 0.2) is 0 Å². The van der Waals surface area contributed by atoms with Crippen molar-refractivity contribution in [3.05, 3.63) is 35.4 Å². The minimum absolute atomic E-state index is 0.0155. The van der Waals surface area contributed by atoms with Gasteiger partial charge in [-0.25, -0.2) is 0 Å². The Kier molecular flexibility index (Phi) is 5.23. The number of benzene rings is 1. The van der Waals surface area contributed by atoms with Crippen LogP contribution in [0, 0.1) is 0 Å². The predicted octanol–water partition coefficient (Wildman–Crippen LogP) is 1.75. The Labute approximate surface area is 140 Å². The zero-order valence-electron chi connectivity index (χ0n) is 13.2. The summed E-state index contributed by atoms with van der Waals surface area (Å²) in [5.74, 6) is 0.611. The van der Waals surface area contributed by atoms with Gasteiger partial charge in [0.2, 0.25) is 0 Å². The van der Waals surface area contributed by atoms with E-state index in [9.17, 15) is 9.59 Å². The average molecular weight is 335 g/mol. The Hall–Kier alpha value is -1.53. The van der Waals surface area contributed by atoms with Gasteiger partial charge in [-0.2, -0.15) is 11.8 Å². The number of carbonyl (C=O) groups excluding carboxylic acids is 2. The second-order valence-electron chi connectivity index (χ2n) is 5.75. The molecule has 0 aliphatic carbocycles. The third-order valence-electron chi connectivity index (χ3n) is 4.40. The summed E-state index contributed by atoms with van der Waals surface area (Å²) in [5, 5.41) is 0.356. The van der Waals surface area contributed by atoms with Gasteiger partial charge in [0.05, 0.1) is 20.1 Å². The van der Waals surface area contributed by atoms with Crippen LogP contribution in [0.4, 0.5) is 0 Å². The number of hydrogen-bond donors (Lipinski definition) is 0. The van der Waals surface area contributed by atoms with E-state index in [1.807, 2.05) is 34.9 Å². The summed E-state index contributed by atoms with van der Waals surface area (Å²) in [6.07, 6.45) is 1.00. The summed E-state index contributed by atoms with van der Waals surface area (Å²) >= 11 is 1.89. The first kappa shape index (κ1) is 16.3. The highest BCUT2D eigenvalue weighted by Gasteiger charge is 2.37. The Morgan fingerprint density at radius 1 is 1.39 bits per heavy atom. The van der Waals surface area contributed by atoms with E-state index >= 15 is 0 Å². The van der Waals surface area contributed by atoms with Crippen molar-refractivity contribution in [2.75, 3.05) is 32.6 Å². The molecule has 124 valence electrons. The van der Waals surface area contributed by atoms with E-state index < -0.39 is 0 Å². The molecule has 0 bridgehead atoms. The molecule has 2 aliphatic rings. The van der Waals surface area contributed by atoms with Gasteiger partial charge in [0, 0.05) is 35.8 Å². The molecule has 3 rings (SSSR count). The van der Waals surface area contributed by atoms with Crippen molar-refractivity contribution < 1.29 is 19.1 Å². The monoisotopic (exact) mass is 335 g/mol. The van der Waals surface area contributed by atoms with Crippen LogP contribution in [-0.4, -0.2) is 60.7 Å². The molecule has 1 amide bonds. The molecule has 0 spiro atoms. The van der Waals surface area contributed by atoms with Gasteiger partial charge >= 0.3 is 5.97 Å². The summed E-state index contributed by atoms with van der Waals surface area (Å²) in [5.41, 5.74) is 1.33. The van der Waals surface area contributed by atoms with Crippen LogP contribution in [0.3, 0.4) is 0 Å². The van der Waals surface area contributed by atoms with Crippen LogP contribution in [0.5, 0.6) is 0 Å². The van der Waals surface area contributed by atoms with Crippen molar-refractivity contribution >= 4 is 23.6 Å². The highest BCUT2D eigenvalue weighted by atomic mass is 32.2. The van der Waals surface area contributed by atoms with E-state index in [1.165, 1.54) is 7.11 Å². The van der Waals surface area contributed by atoms with Crippen molar-refractivity contribution in [1.82, 2.24) is 4.90 Å². The quantitative estimate of drug-likeness (QED) is 0.788. The number of thioether (sulfide) groups is 1. The lowest BCUT2D eigenvalue weighted by Gasteiger charge is -2.43. The number of hydrogen-bond acceptors (Lipinski definition) is 5. The first-order chi connectivity index (χ1) is 11.2. The Morgan fingerprint density at radius 2 is 2.22 bits per heavy atom. The Morgan fingerprint density at radius 3 is 3.04 bits per heavy atom. The molecule has 2 saturated heterocycles. The van der Waals surface area contributed by atoms with E-state index in [1.54, 1.807) is 6.07 Å². The molecule has 0 saturated carbocycles. The van der Waals surface area contributed by atoms with Crippen LogP contribution >= 0.6 is 11.8 Å². The zero-order valence-corrected chi connectivity index (χ0v) is 14.0. The van der Waals surface area contributed by atoms with Crippen LogP contribution in [0.1, 0.15) is 22.3 Å². The molecular weight excluding hydrogens is 314 g/mol. The molecule has 2 fully saturated rings. The maximum absolute atomic E-state index is 13.1. The first-order valence-corrected chi connectivity index (χ1v) is 8.90. The summed E-state index contributed by atoms with van der Waals surface area (Å²) in [7, 11) is 1.36. The molecule has 0 N–H and O–H groups in total. The topological polar surface area (TPSA) is 55.8 Å². The van der Waals surface area contributed by atoms with Gasteiger partial charge in [0.1, 0.15) is 0 Å². The zero-order chi connectivity index (χ0) is 16.2. The molecular formula is C17H21NO4S. The van der Waals surface area contributed by atoms with Gasteiger partial charge in [0.25, 0.3) is 5.91 Å². The van der Waals surface area contributed by atoms with E-state index in [4.69, 9.17) is 9.47 Å². The van der Waals surface area contributed by atoms with E-state index in [2.05, 4.69) is 0 Å². The molecule has 2 aliphatic heterocycles. The number of nitrogens with zero attached hydrogens (tertiary/aromatic N) is 1. The number of amides is 1. The van der Waals surface area contributed by atoms with Gasteiger partial charge in [-0.3, -0.25) is 9.59 Å². The lowest BCUT2D eigenvalue weighted by Crippen LogP contribution is -2.54. The standard InChI is InChI=1S/C17H21NO4S/c1-21-16(19)10-12-4-2-3-5-13(12)17(20)18-7-9-23-15-11-22-8-6-14(15)18/h2-5,14-15H,6-11H2,1H3/t14-,15-/m0/s1. The largest absolute Gasteiger partial charge is 0.469 e. The highest BCUT2D eigenvalue weighted by Crippen LogP contribution is 2.31. The average Bonchev–Trinajstić information content (AvgIpc) is 2.61. The smallest absolute Gasteiger partial charge is 0.310 e. The third-order valence-corrected chi connectivity index (χ3v) is 5.70. The van der Waals surface area contributed by atoms with Gasteiger partial charge in [-0.1, -0.05) is 18.2 Å². The normalized spacial score (nSPS) is 24.0. The molecule has 2 atom stereocenters. The molecule has 6 heteroatoms. The molecule has 1 aromatic rings. The molecule has 0 aromatic heterocycles. The minimum Gasteiger partial charge on any atom is -0.469 e. The van der Waals surface area contributed by atoms with Crippen LogP contribution in [0.25, 0.3) is 0 Å². The van der Waals surface area contributed by atoms with Crippen molar-refractivity contribution in [2.24, 2.45) is 0 Å². The number of ether oxygens (including phenoxy) is 2. The molecule has 2 heterocycles. The minimum atomic E-state index is -0.330. The molecule has 5 nitrogen and oxygen atoms in total. The van der Waals surface area contributed by atoms with Crippen molar-refractivity contribution in [3.63, 3.8) is 0 Å². The molecule has 0 unspecified atom stereocenters. The fraction of sp³-hybridized carbons (Fsp3) is 0.529. The molecule has 0 radical (unpaired) electrons. The van der Waals surface area contributed by atoms with E-state index in [0.29, 0.717) is 24.0 Å². The van der Waals surface area contributed by atoms with E-state index in [0.717, 1.165) is 24.3 Å². The van der Waals surface area contributed by atoms with Crippen molar-refractivity contribution in [2.45, 2.75) is 24.1 Å². The predicted molar refractivity (Wildman–Crippen MR) is 88.7 cm³/mol. The summed E-state index contributed by atoms with van der Waals surface area (Å²) < 4.78 is 10.3. The number of fused-ring (bicyclic) bond motifs is 1. The van der Waals surface area contributed by atoms with Crippen LogP contribution in [-0.2, 0) is 20.7 Å². The second kappa shape index (κ2) is 7.36. The lowest BCUT2D eigenvalue weighted by atomic mass is 10.0. The highest BCUT2D eigenvalue weighted by molar-refractivity contribution is 8.00. The van der Waals surface area contributed by atoms with E-state index in [-0.39, 0.29) is 24.3 Å². The fourth-order valence-corrected chi connectivity index (χ4v) is 4.50. The van der Waals surface area contributed by atoms with Crippen LogP contribution < -0.4 is 0 Å². The van der Waals surface area contributed by atoms with Gasteiger partial charge in [-0.15, -0.1) is 0 Å². The fourth-order valence-electron chi connectivity index (χ4n) is 3.20. The Bertz CT molecular complexity index is 590. The summed E-state index contributed by atoms with van der Waals surface area (Å²) in [6, 6.07) is 7.54. The maximum Gasteiger partial charge on any atom is 0.310 e. The third kappa shape index (κ3) is 3.53. The molecule has 23 heavy (non-hydrogen) atoms. The SMILES string of the molecule is COC(=O)Cc1ccccc1C(=O)N1CCS[C@H]2COCC[C@@H]21. The number of carbonyl (C=O) groups is 2. The number of rotatable bonds is 3. The second-order valence-corrected chi connectivity index (χ2v) is 7.10. The molecule has 1 aromatic carbocycles. The van der Waals surface area contributed by atoms with Crippen LogP contribution in [0.2, 0.25) is 0 Å². The van der Waals surface area contributed by atoms with Crippen LogP contribution in [0.15, 0.2) is 24.3 Å². The maximum atomic E-state index is 13.1. The summed E-state index contributed by atoms with van der Waals surface area (Å²) in [4.78, 5) is 26.6.